The number of halogens is 1. The molecule has 20 heavy (non-hydrogen) atoms. The van der Waals surface area contributed by atoms with Crippen LogP contribution in [0.25, 0.3) is 0 Å². The molecule has 0 unspecified atom stereocenters. The number of hydrogen-bond acceptors (Lipinski definition) is 4. The Bertz CT molecular complexity index is 471. The number of anilines is 1. The monoisotopic (exact) mass is 342 g/mol. The second kappa shape index (κ2) is 7.02. The minimum atomic E-state index is -0.354. The Hall–Kier alpha value is -1.17. The van der Waals surface area contributed by atoms with Crippen molar-refractivity contribution in [2.75, 3.05) is 18.0 Å². The molecule has 0 radical (unpaired) electrons. The van der Waals surface area contributed by atoms with Crippen molar-refractivity contribution in [3.05, 3.63) is 16.5 Å². The number of carbonyl (C=O) groups excluding carboxylic acids is 1. The molecule has 1 rings (SSSR count). The van der Waals surface area contributed by atoms with Gasteiger partial charge >= 0.3 is 0 Å². The van der Waals surface area contributed by atoms with E-state index in [1.807, 2.05) is 11.0 Å². The van der Waals surface area contributed by atoms with E-state index in [1.54, 1.807) is 0 Å². The first kappa shape index (κ1) is 16.9. The molecule has 0 bridgehead atoms. The van der Waals surface area contributed by atoms with Gasteiger partial charge in [0.2, 0.25) is 5.91 Å². The summed E-state index contributed by atoms with van der Waals surface area (Å²) in [6.45, 7) is 9.22. The van der Waals surface area contributed by atoms with Crippen molar-refractivity contribution in [2.24, 2.45) is 5.73 Å². The zero-order chi connectivity index (χ0) is 15.3. The maximum Gasteiger partial charge on any atom is 0.236 e. The normalized spacial score (nSPS) is 11.4. The first-order valence-electron chi connectivity index (χ1n) is 6.82. The summed E-state index contributed by atoms with van der Waals surface area (Å²) >= 11 is 3.41. The molecule has 5 nitrogen and oxygen atoms in total. The van der Waals surface area contributed by atoms with Gasteiger partial charge in [-0.2, -0.15) is 0 Å². The highest BCUT2D eigenvalue weighted by molar-refractivity contribution is 9.10. The molecule has 1 aromatic rings. The molecule has 0 aliphatic carbocycles. The van der Waals surface area contributed by atoms with E-state index in [9.17, 15) is 4.79 Å². The fourth-order valence-corrected chi connectivity index (χ4v) is 2.09. The molecular weight excluding hydrogens is 320 g/mol. The van der Waals surface area contributed by atoms with Crippen LogP contribution in [-0.2, 0) is 10.2 Å². The summed E-state index contributed by atoms with van der Waals surface area (Å²) in [5.74, 6) is 1.13. The first-order chi connectivity index (χ1) is 9.24. The number of primary amides is 1. The molecule has 0 fully saturated rings. The number of nitrogens with zero attached hydrogens (tertiary/aromatic N) is 3. The van der Waals surface area contributed by atoms with Crippen molar-refractivity contribution in [3.8, 4) is 0 Å². The van der Waals surface area contributed by atoms with Crippen molar-refractivity contribution in [2.45, 2.75) is 46.0 Å². The van der Waals surface area contributed by atoms with Gasteiger partial charge in [0.05, 0.1) is 6.54 Å². The lowest BCUT2D eigenvalue weighted by Crippen LogP contribution is -2.35. The van der Waals surface area contributed by atoms with Gasteiger partial charge in [-0.15, -0.1) is 0 Å². The van der Waals surface area contributed by atoms with E-state index in [-0.39, 0.29) is 17.9 Å². The second-order valence-corrected chi connectivity index (χ2v) is 6.68. The van der Waals surface area contributed by atoms with Gasteiger partial charge in [-0.1, -0.05) is 34.1 Å². The zero-order valence-corrected chi connectivity index (χ0v) is 14.2. The molecule has 0 aromatic carbocycles. The van der Waals surface area contributed by atoms with E-state index < -0.39 is 0 Å². The average Bonchev–Trinajstić information content (AvgIpc) is 2.32. The molecule has 1 heterocycles. The van der Waals surface area contributed by atoms with E-state index in [2.05, 4.69) is 53.6 Å². The zero-order valence-electron chi connectivity index (χ0n) is 12.6. The second-order valence-electron chi connectivity index (χ2n) is 5.86. The minimum Gasteiger partial charge on any atom is -0.368 e. The third-order valence-corrected chi connectivity index (χ3v) is 3.21. The van der Waals surface area contributed by atoms with E-state index in [0.29, 0.717) is 0 Å². The summed E-state index contributed by atoms with van der Waals surface area (Å²) in [7, 11) is 0. The van der Waals surface area contributed by atoms with Crippen LogP contribution in [-0.4, -0.2) is 29.0 Å². The molecule has 0 atom stereocenters. The van der Waals surface area contributed by atoms with Crippen LogP contribution in [0.2, 0.25) is 0 Å². The van der Waals surface area contributed by atoms with Gasteiger partial charge in [0.1, 0.15) is 16.2 Å². The molecule has 1 amide bonds. The summed E-state index contributed by atoms with van der Waals surface area (Å²) in [6.07, 6.45) is 2.04. The van der Waals surface area contributed by atoms with Gasteiger partial charge in [-0.25, -0.2) is 9.97 Å². The minimum absolute atomic E-state index is 0.151. The molecule has 112 valence electrons. The molecule has 0 saturated heterocycles. The van der Waals surface area contributed by atoms with Gasteiger partial charge < -0.3 is 10.6 Å². The van der Waals surface area contributed by atoms with Crippen LogP contribution in [0.15, 0.2) is 10.7 Å². The molecule has 0 aliphatic heterocycles. The Kier molecular flexibility index (Phi) is 5.92. The molecule has 0 aliphatic rings. The van der Waals surface area contributed by atoms with Crippen LogP contribution >= 0.6 is 15.9 Å². The number of rotatable bonds is 6. The fourth-order valence-electron chi connectivity index (χ4n) is 1.71. The largest absolute Gasteiger partial charge is 0.368 e. The number of hydrogen-bond donors (Lipinski definition) is 1. The smallest absolute Gasteiger partial charge is 0.236 e. The van der Waals surface area contributed by atoms with Crippen LogP contribution in [0.5, 0.6) is 0 Å². The summed E-state index contributed by atoms with van der Waals surface area (Å²) in [5, 5.41) is 0. The Morgan fingerprint density at radius 1 is 1.40 bits per heavy atom. The number of carbonyl (C=O) groups is 1. The molecular formula is C14H23BrN4O. The Morgan fingerprint density at radius 3 is 2.55 bits per heavy atom. The number of amides is 1. The lowest BCUT2D eigenvalue weighted by molar-refractivity contribution is -0.116. The van der Waals surface area contributed by atoms with E-state index in [4.69, 9.17) is 5.73 Å². The summed E-state index contributed by atoms with van der Waals surface area (Å²) in [5.41, 5.74) is 5.18. The van der Waals surface area contributed by atoms with Crippen LogP contribution < -0.4 is 10.6 Å². The van der Waals surface area contributed by atoms with Crippen molar-refractivity contribution in [1.29, 1.82) is 0 Å². The van der Waals surface area contributed by atoms with Crippen molar-refractivity contribution >= 4 is 27.7 Å². The summed E-state index contributed by atoms with van der Waals surface area (Å²) in [4.78, 5) is 22.1. The van der Waals surface area contributed by atoms with Crippen molar-refractivity contribution < 1.29 is 4.79 Å². The highest BCUT2D eigenvalue weighted by Crippen LogP contribution is 2.24. The van der Waals surface area contributed by atoms with Gasteiger partial charge in [-0.3, -0.25) is 4.79 Å². The molecule has 0 saturated carbocycles. The molecule has 1 aromatic heterocycles. The van der Waals surface area contributed by atoms with E-state index >= 15 is 0 Å². The predicted octanol–water partition coefficient (Wildman–Crippen LogP) is 2.63. The highest BCUT2D eigenvalue weighted by atomic mass is 79.9. The summed E-state index contributed by atoms with van der Waals surface area (Å²) in [6, 6.07) is 1.83. The molecule has 0 spiro atoms. The van der Waals surface area contributed by atoms with E-state index in [0.717, 1.165) is 35.6 Å². The SMILES string of the molecule is CCCCN(CC(N)=O)c1cc(Br)nc(C(C)(C)C)n1. The third-order valence-electron chi connectivity index (χ3n) is 2.80. The fraction of sp³-hybridized carbons (Fsp3) is 0.643. The van der Waals surface area contributed by atoms with E-state index in [1.165, 1.54) is 0 Å². The van der Waals surface area contributed by atoms with Crippen LogP contribution in [0.1, 0.15) is 46.4 Å². The molecule has 6 heteroatoms. The van der Waals surface area contributed by atoms with Gasteiger partial charge in [0.25, 0.3) is 0 Å². The lowest BCUT2D eigenvalue weighted by atomic mass is 9.96. The number of aromatic nitrogens is 2. The lowest BCUT2D eigenvalue weighted by Gasteiger charge is -2.24. The third kappa shape index (κ3) is 5.07. The standard InChI is InChI=1S/C14H23BrN4O/c1-5-6-7-19(9-11(16)20)12-8-10(15)17-13(18-12)14(2,3)4/h8H,5-7,9H2,1-4H3,(H2,16,20). The van der Waals surface area contributed by atoms with Gasteiger partial charge in [0.15, 0.2) is 0 Å². The molecule has 2 N–H and O–H groups in total. The average molecular weight is 343 g/mol. The predicted molar refractivity (Wildman–Crippen MR) is 84.7 cm³/mol. The highest BCUT2D eigenvalue weighted by Gasteiger charge is 2.20. The van der Waals surface area contributed by atoms with Crippen LogP contribution in [0, 0.1) is 0 Å². The van der Waals surface area contributed by atoms with Crippen molar-refractivity contribution in [3.63, 3.8) is 0 Å². The Balaban J connectivity index is 3.11. The maximum absolute atomic E-state index is 11.2. The van der Waals surface area contributed by atoms with Crippen LogP contribution in [0.3, 0.4) is 0 Å². The van der Waals surface area contributed by atoms with Gasteiger partial charge in [0, 0.05) is 18.0 Å². The Morgan fingerprint density at radius 2 is 2.05 bits per heavy atom. The van der Waals surface area contributed by atoms with Gasteiger partial charge in [-0.05, 0) is 22.4 Å². The number of unbranched alkanes of at least 4 members (excludes halogenated alkanes) is 1. The number of nitrogens with two attached hydrogens (primary N) is 1. The Labute approximate surface area is 129 Å². The maximum atomic E-state index is 11.2. The van der Waals surface area contributed by atoms with Crippen molar-refractivity contribution in [1.82, 2.24) is 9.97 Å². The van der Waals surface area contributed by atoms with Crippen LogP contribution in [0.4, 0.5) is 5.82 Å². The quantitative estimate of drug-likeness (QED) is 0.806. The summed E-state index contributed by atoms with van der Waals surface area (Å²) < 4.78 is 0.721. The first-order valence-corrected chi connectivity index (χ1v) is 7.61. The topological polar surface area (TPSA) is 72.1 Å².